The van der Waals surface area contributed by atoms with Gasteiger partial charge in [0.2, 0.25) is 0 Å². The lowest BCUT2D eigenvalue weighted by atomic mass is 9.77. The summed E-state index contributed by atoms with van der Waals surface area (Å²) in [7, 11) is 0. The zero-order chi connectivity index (χ0) is 22.8. The molecule has 2 aliphatic rings. The number of carboxylic acids is 1. The first kappa shape index (κ1) is 25.1. The molecule has 0 spiro atoms. The van der Waals surface area contributed by atoms with E-state index in [9.17, 15) is 4.79 Å². The van der Waals surface area contributed by atoms with Gasteiger partial charge in [0.1, 0.15) is 0 Å². The van der Waals surface area contributed by atoms with Crippen LogP contribution in [0, 0.1) is 11.8 Å². The minimum absolute atomic E-state index is 0.230. The van der Waals surface area contributed by atoms with E-state index >= 15 is 0 Å². The number of allylic oxidation sites excluding steroid dienone is 2. The second kappa shape index (κ2) is 13.3. The van der Waals surface area contributed by atoms with Crippen molar-refractivity contribution in [2.24, 2.45) is 11.8 Å². The van der Waals surface area contributed by atoms with Crippen molar-refractivity contribution in [1.82, 2.24) is 10.6 Å². The first-order valence-electron chi connectivity index (χ1n) is 11.3. The Morgan fingerprint density at radius 2 is 1.84 bits per heavy atom. The van der Waals surface area contributed by atoms with Crippen molar-refractivity contribution >= 4 is 52.1 Å². The second-order valence-electron chi connectivity index (χ2n) is 8.29. The van der Waals surface area contributed by atoms with Gasteiger partial charge in [0.25, 0.3) is 0 Å². The van der Waals surface area contributed by atoms with Crippen LogP contribution in [0.2, 0.25) is 0 Å². The standard InChI is InChI=1S/C24H32N2O3S3/c27-24(28)11-7-2-1-6-10-18-19(21-13-12-20(18)29-21)14-25-22(30)15-26-23(31)16-32-17-8-4-3-5-9-17/h1,3-6,8-9,18-21H,2,7,10-16H2,(H,25,30)(H,26,31)(H,27,28)/b6-1-/t18-,19+,20-,21+/m0/s1. The number of thiocarbonyl (C=S) groups is 2. The lowest BCUT2D eigenvalue weighted by Crippen LogP contribution is -2.41. The number of hydrogen-bond acceptors (Lipinski definition) is 5. The van der Waals surface area contributed by atoms with Crippen molar-refractivity contribution in [3.63, 3.8) is 0 Å². The van der Waals surface area contributed by atoms with E-state index in [1.54, 1.807) is 11.8 Å². The van der Waals surface area contributed by atoms with Crippen molar-refractivity contribution in [2.45, 2.75) is 55.6 Å². The molecule has 0 unspecified atom stereocenters. The van der Waals surface area contributed by atoms with E-state index in [-0.39, 0.29) is 6.42 Å². The summed E-state index contributed by atoms with van der Waals surface area (Å²) in [5, 5.41) is 15.4. The fourth-order valence-corrected chi connectivity index (χ4v) is 5.57. The zero-order valence-electron chi connectivity index (χ0n) is 18.2. The molecule has 32 heavy (non-hydrogen) atoms. The van der Waals surface area contributed by atoms with Crippen LogP contribution in [0.4, 0.5) is 0 Å². The van der Waals surface area contributed by atoms with Crippen molar-refractivity contribution in [3.8, 4) is 0 Å². The van der Waals surface area contributed by atoms with Crippen LogP contribution in [0.15, 0.2) is 47.4 Å². The average Bonchev–Trinajstić information content (AvgIpc) is 3.39. The highest BCUT2D eigenvalue weighted by molar-refractivity contribution is 8.01. The van der Waals surface area contributed by atoms with Crippen LogP contribution in [0.3, 0.4) is 0 Å². The number of aliphatic carboxylic acids is 1. The van der Waals surface area contributed by atoms with E-state index in [0.29, 0.717) is 37.0 Å². The number of hydrogen-bond donors (Lipinski definition) is 3. The zero-order valence-corrected chi connectivity index (χ0v) is 20.7. The molecule has 1 aromatic carbocycles. The maximum Gasteiger partial charge on any atom is 0.303 e. The van der Waals surface area contributed by atoms with Gasteiger partial charge in [-0.05, 0) is 50.2 Å². The Morgan fingerprint density at radius 3 is 2.59 bits per heavy atom. The van der Waals surface area contributed by atoms with E-state index in [1.807, 2.05) is 18.2 Å². The van der Waals surface area contributed by atoms with Gasteiger partial charge >= 0.3 is 5.97 Å². The molecule has 0 aromatic heterocycles. The number of ether oxygens (including phenoxy) is 1. The third-order valence-electron chi connectivity index (χ3n) is 6.02. The predicted octanol–water partition coefficient (Wildman–Crippen LogP) is 4.61. The molecule has 174 valence electrons. The monoisotopic (exact) mass is 492 g/mol. The first-order chi connectivity index (χ1) is 15.5. The Hall–Kier alpha value is -1.48. The van der Waals surface area contributed by atoms with Crippen LogP contribution >= 0.6 is 36.2 Å². The number of rotatable bonds is 13. The molecule has 3 N–H and O–H groups in total. The SMILES string of the molecule is O=C(O)CCC/C=C\C[C@H]1[C@@H](CNC(=S)CNC(=S)CSc2ccccc2)[C@H]2CC[C@@H]1O2. The molecule has 2 fully saturated rings. The molecule has 5 nitrogen and oxygen atoms in total. The Kier molecular flexibility index (Phi) is 10.4. The van der Waals surface area contributed by atoms with E-state index in [4.69, 9.17) is 34.3 Å². The highest BCUT2D eigenvalue weighted by Gasteiger charge is 2.47. The third-order valence-corrected chi connectivity index (χ3v) is 7.82. The number of benzene rings is 1. The van der Waals surface area contributed by atoms with Crippen molar-refractivity contribution in [3.05, 3.63) is 42.5 Å². The van der Waals surface area contributed by atoms with Gasteiger partial charge in [0.15, 0.2) is 0 Å². The number of carbonyl (C=O) groups is 1. The van der Waals surface area contributed by atoms with Crippen LogP contribution < -0.4 is 10.6 Å². The molecule has 4 atom stereocenters. The first-order valence-corrected chi connectivity index (χ1v) is 13.1. The Morgan fingerprint density at radius 1 is 1.09 bits per heavy atom. The molecule has 1 aromatic rings. The van der Waals surface area contributed by atoms with Gasteiger partial charge in [-0.25, -0.2) is 0 Å². The number of thioether (sulfide) groups is 1. The molecule has 8 heteroatoms. The van der Waals surface area contributed by atoms with Crippen LogP contribution in [0.1, 0.15) is 38.5 Å². The van der Waals surface area contributed by atoms with Crippen molar-refractivity contribution in [1.29, 1.82) is 0 Å². The molecule has 2 bridgehead atoms. The fraction of sp³-hybridized carbons (Fsp3) is 0.542. The van der Waals surface area contributed by atoms with Gasteiger partial charge in [0.05, 0.1) is 28.7 Å². The maximum atomic E-state index is 10.6. The number of nitrogens with one attached hydrogen (secondary N) is 2. The molecule has 3 rings (SSSR count). The van der Waals surface area contributed by atoms with Crippen LogP contribution in [0.5, 0.6) is 0 Å². The van der Waals surface area contributed by atoms with Crippen LogP contribution in [-0.2, 0) is 9.53 Å². The summed E-state index contributed by atoms with van der Waals surface area (Å²) in [4.78, 5) is 13.4. The number of carboxylic acid groups (broad SMARTS) is 1. The fourth-order valence-electron chi connectivity index (χ4n) is 4.41. The van der Waals surface area contributed by atoms with E-state index in [0.717, 1.165) is 48.0 Å². The Balaban J connectivity index is 1.34. The topological polar surface area (TPSA) is 70.6 Å². The predicted molar refractivity (Wildman–Crippen MR) is 138 cm³/mol. The normalized spacial score (nSPS) is 24.0. The highest BCUT2D eigenvalue weighted by atomic mass is 32.2. The quantitative estimate of drug-likeness (QED) is 0.160. The summed E-state index contributed by atoms with van der Waals surface area (Å²) in [6, 6.07) is 10.2. The lowest BCUT2D eigenvalue weighted by Gasteiger charge is -2.28. The number of fused-ring (bicyclic) bond motifs is 2. The molecule has 0 radical (unpaired) electrons. The average molecular weight is 493 g/mol. The summed E-state index contributed by atoms with van der Waals surface area (Å²) in [5.41, 5.74) is 0. The van der Waals surface area contributed by atoms with Crippen LogP contribution in [-0.4, -0.2) is 52.1 Å². The maximum absolute atomic E-state index is 10.6. The van der Waals surface area contributed by atoms with Crippen molar-refractivity contribution in [2.75, 3.05) is 18.8 Å². The third kappa shape index (κ3) is 8.14. The lowest BCUT2D eigenvalue weighted by molar-refractivity contribution is -0.137. The van der Waals surface area contributed by atoms with Gasteiger partial charge < -0.3 is 20.5 Å². The Labute approximate surface area is 205 Å². The van der Waals surface area contributed by atoms with Gasteiger partial charge in [-0.2, -0.15) is 0 Å². The second-order valence-corrected chi connectivity index (χ2v) is 10.3. The summed E-state index contributed by atoms with van der Waals surface area (Å²) in [6.07, 6.45) is 9.95. The Bertz CT molecular complexity index is 803. The molecule has 0 amide bonds. The largest absolute Gasteiger partial charge is 0.481 e. The molecule has 0 aliphatic carbocycles. The molecule has 2 aliphatic heterocycles. The highest BCUT2D eigenvalue weighted by Crippen LogP contribution is 2.44. The summed E-state index contributed by atoms with van der Waals surface area (Å²) in [6.45, 7) is 1.38. The number of unbranched alkanes of at least 4 members (excludes halogenated alkanes) is 1. The van der Waals surface area contributed by atoms with Crippen LogP contribution in [0.25, 0.3) is 0 Å². The smallest absolute Gasteiger partial charge is 0.303 e. The summed E-state index contributed by atoms with van der Waals surface area (Å²) in [5.74, 6) is 0.961. The summed E-state index contributed by atoms with van der Waals surface area (Å²) < 4.78 is 6.18. The van der Waals surface area contributed by atoms with Crippen molar-refractivity contribution < 1.29 is 14.6 Å². The van der Waals surface area contributed by atoms with E-state index in [1.165, 1.54) is 4.90 Å². The van der Waals surface area contributed by atoms with Gasteiger partial charge in [-0.15, -0.1) is 11.8 Å². The molecule has 2 saturated heterocycles. The molecular weight excluding hydrogens is 460 g/mol. The minimum atomic E-state index is -0.729. The molecular formula is C24H32N2O3S3. The van der Waals surface area contributed by atoms with Gasteiger partial charge in [0, 0.05) is 29.5 Å². The minimum Gasteiger partial charge on any atom is -0.481 e. The molecule has 2 heterocycles. The summed E-state index contributed by atoms with van der Waals surface area (Å²) >= 11 is 12.7. The van der Waals surface area contributed by atoms with E-state index in [2.05, 4.69) is 34.9 Å². The molecule has 0 saturated carbocycles. The van der Waals surface area contributed by atoms with Gasteiger partial charge in [-0.3, -0.25) is 4.79 Å². The van der Waals surface area contributed by atoms with Gasteiger partial charge in [-0.1, -0.05) is 54.8 Å². The van der Waals surface area contributed by atoms with E-state index < -0.39 is 5.97 Å².